The van der Waals surface area contributed by atoms with Crippen molar-refractivity contribution >= 4 is 22.9 Å². The van der Waals surface area contributed by atoms with E-state index in [0.29, 0.717) is 5.56 Å². The predicted octanol–water partition coefficient (Wildman–Crippen LogP) is 0.801. The average molecular weight is 502 g/mol. The highest BCUT2D eigenvalue weighted by Crippen LogP contribution is 2.34. The third-order valence-corrected chi connectivity index (χ3v) is 5.47. The van der Waals surface area contributed by atoms with Crippen molar-refractivity contribution in [2.45, 2.75) is 37.6 Å². The van der Waals surface area contributed by atoms with Gasteiger partial charge in [0.05, 0.1) is 7.11 Å². The lowest BCUT2D eigenvalue weighted by Crippen LogP contribution is -2.62. The standard InChI is InChI=1S/C24H22O12/c1-10(25)33-22-20(30)19(29)21(23(31)32-2)36-24(22)34-13-7-14(27)18-15(28)9-16(35-17(18)8-13)11-3-5-12(26)6-4-11/h3-9,19-22,24,26-27,29-30H,1-2H3/t19-,20-,21-,22+,24+/m1/s1. The minimum atomic E-state index is -1.79. The molecule has 0 bridgehead atoms. The Kier molecular flexibility index (Phi) is 6.84. The molecule has 0 unspecified atom stereocenters. The zero-order chi connectivity index (χ0) is 26.1. The molecule has 0 spiro atoms. The van der Waals surface area contributed by atoms with Crippen molar-refractivity contribution in [2.75, 3.05) is 7.11 Å². The van der Waals surface area contributed by atoms with Crippen LogP contribution in [-0.4, -0.2) is 70.2 Å². The van der Waals surface area contributed by atoms with Crippen LogP contribution in [0.2, 0.25) is 0 Å². The summed E-state index contributed by atoms with van der Waals surface area (Å²) in [5, 5.41) is 40.5. The van der Waals surface area contributed by atoms with Crippen molar-refractivity contribution in [3.8, 4) is 28.6 Å². The third kappa shape index (κ3) is 4.82. The number of benzene rings is 2. The number of hydrogen-bond acceptors (Lipinski definition) is 12. The Bertz CT molecular complexity index is 1350. The second kappa shape index (κ2) is 9.85. The third-order valence-electron chi connectivity index (χ3n) is 5.47. The molecule has 36 heavy (non-hydrogen) atoms. The summed E-state index contributed by atoms with van der Waals surface area (Å²) in [4.78, 5) is 36.3. The number of hydrogen-bond donors (Lipinski definition) is 4. The maximum Gasteiger partial charge on any atom is 0.337 e. The molecular weight excluding hydrogens is 480 g/mol. The van der Waals surface area contributed by atoms with Crippen LogP contribution in [0.3, 0.4) is 0 Å². The van der Waals surface area contributed by atoms with Gasteiger partial charge in [0.1, 0.15) is 46.2 Å². The molecule has 2 heterocycles. The van der Waals surface area contributed by atoms with E-state index in [1.165, 1.54) is 36.4 Å². The summed E-state index contributed by atoms with van der Waals surface area (Å²) in [6.45, 7) is 1.06. The number of phenols is 2. The summed E-state index contributed by atoms with van der Waals surface area (Å²) >= 11 is 0. The summed E-state index contributed by atoms with van der Waals surface area (Å²) in [6.07, 6.45) is -8.44. The first-order valence-corrected chi connectivity index (χ1v) is 10.6. The predicted molar refractivity (Wildman–Crippen MR) is 120 cm³/mol. The van der Waals surface area contributed by atoms with E-state index in [-0.39, 0.29) is 28.2 Å². The van der Waals surface area contributed by atoms with Gasteiger partial charge in [-0.2, -0.15) is 0 Å². The Morgan fingerprint density at radius 1 is 1.00 bits per heavy atom. The number of phenolic OH excluding ortho intramolecular Hbond substituents is 2. The van der Waals surface area contributed by atoms with Gasteiger partial charge in [-0.25, -0.2) is 4.79 Å². The second-order valence-electron chi connectivity index (χ2n) is 7.96. The fourth-order valence-corrected chi connectivity index (χ4v) is 3.77. The largest absolute Gasteiger partial charge is 0.508 e. The molecule has 1 fully saturated rings. The number of carbonyl (C=O) groups excluding carboxylic acids is 2. The quantitative estimate of drug-likeness (QED) is 0.361. The van der Waals surface area contributed by atoms with E-state index in [1.807, 2.05) is 0 Å². The molecular formula is C24H22O12. The van der Waals surface area contributed by atoms with E-state index in [0.717, 1.165) is 20.1 Å². The van der Waals surface area contributed by atoms with Crippen molar-refractivity contribution in [3.05, 3.63) is 52.7 Å². The molecule has 0 saturated carbocycles. The number of ether oxygens (including phenoxy) is 4. The van der Waals surface area contributed by atoms with Crippen molar-refractivity contribution in [2.24, 2.45) is 0 Å². The van der Waals surface area contributed by atoms with Crippen LogP contribution in [0.25, 0.3) is 22.3 Å². The summed E-state index contributed by atoms with van der Waals surface area (Å²) in [6, 6.07) is 9.36. The fourth-order valence-electron chi connectivity index (χ4n) is 3.77. The topological polar surface area (TPSA) is 182 Å². The van der Waals surface area contributed by atoms with Crippen molar-refractivity contribution < 1.29 is 53.4 Å². The molecule has 1 aromatic heterocycles. The number of methoxy groups -OCH3 is 1. The van der Waals surface area contributed by atoms with Crippen LogP contribution in [0.15, 0.2) is 51.7 Å². The normalized spacial score (nSPS) is 23.7. The van der Waals surface area contributed by atoms with E-state index in [1.54, 1.807) is 0 Å². The van der Waals surface area contributed by atoms with E-state index in [2.05, 4.69) is 4.74 Å². The highest BCUT2D eigenvalue weighted by molar-refractivity contribution is 5.86. The Morgan fingerprint density at radius 3 is 2.33 bits per heavy atom. The van der Waals surface area contributed by atoms with Crippen molar-refractivity contribution in [3.63, 3.8) is 0 Å². The van der Waals surface area contributed by atoms with E-state index < -0.39 is 53.8 Å². The molecule has 12 heteroatoms. The van der Waals surface area contributed by atoms with Crippen LogP contribution >= 0.6 is 0 Å². The summed E-state index contributed by atoms with van der Waals surface area (Å²) in [7, 11) is 1.05. The van der Waals surface area contributed by atoms with Gasteiger partial charge in [-0.1, -0.05) is 0 Å². The molecule has 4 N–H and O–H groups in total. The molecule has 0 amide bonds. The Morgan fingerprint density at radius 2 is 1.69 bits per heavy atom. The summed E-state index contributed by atoms with van der Waals surface area (Å²) < 4.78 is 26.5. The van der Waals surface area contributed by atoms with E-state index in [9.17, 15) is 34.8 Å². The highest BCUT2D eigenvalue weighted by Gasteiger charge is 2.51. The lowest BCUT2D eigenvalue weighted by atomic mass is 9.98. The molecule has 4 rings (SSSR count). The van der Waals surface area contributed by atoms with Gasteiger partial charge in [-0.05, 0) is 24.3 Å². The van der Waals surface area contributed by atoms with Gasteiger partial charge in [0.2, 0.25) is 6.29 Å². The molecule has 1 aliphatic heterocycles. The van der Waals surface area contributed by atoms with Crippen LogP contribution in [-0.2, 0) is 23.8 Å². The van der Waals surface area contributed by atoms with Crippen LogP contribution in [0.4, 0.5) is 0 Å². The number of rotatable bonds is 5. The Labute approximate surface area is 202 Å². The van der Waals surface area contributed by atoms with Crippen LogP contribution in [0, 0.1) is 0 Å². The van der Waals surface area contributed by atoms with Crippen LogP contribution in [0.1, 0.15) is 6.92 Å². The molecule has 190 valence electrons. The molecule has 0 aliphatic carbocycles. The first-order valence-electron chi connectivity index (χ1n) is 10.6. The van der Waals surface area contributed by atoms with Gasteiger partial charge in [0.15, 0.2) is 17.6 Å². The first-order chi connectivity index (χ1) is 17.1. The summed E-state index contributed by atoms with van der Waals surface area (Å²) in [5.41, 5.74) is -0.161. The Balaban J connectivity index is 1.73. The number of esters is 2. The second-order valence-corrected chi connectivity index (χ2v) is 7.96. The lowest BCUT2D eigenvalue weighted by molar-refractivity contribution is -0.276. The van der Waals surface area contributed by atoms with Crippen molar-refractivity contribution in [1.82, 2.24) is 0 Å². The first kappa shape index (κ1) is 25.0. The van der Waals surface area contributed by atoms with Crippen LogP contribution in [0.5, 0.6) is 17.2 Å². The minimum Gasteiger partial charge on any atom is -0.508 e. The molecule has 2 aromatic carbocycles. The number of fused-ring (bicyclic) bond motifs is 1. The zero-order valence-electron chi connectivity index (χ0n) is 19.0. The number of aromatic hydroxyl groups is 2. The average Bonchev–Trinajstić information content (AvgIpc) is 2.82. The maximum atomic E-state index is 12.7. The molecule has 3 aromatic rings. The maximum absolute atomic E-state index is 12.7. The molecule has 12 nitrogen and oxygen atoms in total. The molecule has 1 saturated heterocycles. The van der Waals surface area contributed by atoms with E-state index >= 15 is 0 Å². The number of carbonyl (C=O) groups is 2. The van der Waals surface area contributed by atoms with Crippen LogP contribution < -0.4 is 10.2 Å². The smallest absolute Gasteiger partial charge is 0.337 e. The minimum absolute atomic E-state index is 0.0163. The van der Waals surface area contributed by atoms with Gasteiger partial charge in [-0.3, -0.25) is 9.59 Å². The SMILES string of the molecule is COC(=O)[C@@H]1O[C@H](Oc2cc(O)c3c(=O)cc(-c4ccc(O)cc4)oc3c2)[C@@H](OC(C)=O)[C@H](O)[C@H]1O. The highest BCUT2D eigenvalue weighted by atomic mass is 16.7. The molecule has 1 aliphatic rings. The molecule has 5 atom stereocenters. The van der Waals surface area contributed by atoms with Gasteiger partial charge >= 0.3 is 11.9 Å². The van der Waals surface area contributed by atoms with Crippen molar-refractivity contribution in [1.29, 1.82) is 0 Å². The Hall–Kier alpha value is -4.13. The number of aliphatic hydroxyl groups excluding tert-OH is 2. The number of aliphatic hydroxyl groups is 2. The van der Waals surface area contributed by atoms with Gasteiger partial charge in [0.25, 0.3) is 0 Å². The summed E-state index contributed by atoms with van der Waals surface area (Å²) in [5.74, 6) is -2.32. The van der Waals surface area contributed by atoms with Gasteiger partial charge < -0.3 is 43.8 Å². The monoisotopic (exact) mass is 502 g/mol. The molecule has 0 radical (unpaired) electrons. The lowest BCUT2D eigenvalue weighted by Gasteiger charge is -2.40. The van der Waals surface area contributed by atoms with E-state index in [4.69, 9.17) is 18.6 Å². The van der Waals surface area contributed by atoms with Gasteiger partial charge in [-0.15, -0.1) is 0 Å². The zero-order valence-corrected chi connectivity index (χ0v) is 19.0. The van der Waals surface area contributed by atoms with Gasteiger partial charge in [0, 0.05) is 30.7 Å². The fraction of sp³-hybridized carbons (Fsp3) is 0.292.